The van der Waals surface area contributed by atoms with Gasteiger partial charge in [-0.25, -0.2) is 0 Å². The Morgan fingerprint density at radius 1 is 1.45 bits per heavy atom. The van der Waals surface area contributed by atoms with E-state index in [4.69, 9.17) is 10.5 Å². The first kappa shape index (κ1) is 14.9. The zero-order valence-corrected chi connectivity index (χ0v) is 12.5. The number of hydrogen-bond donors (Lipinski definition) is 2. The van der Waals surface area contributed by atoms with Gasteiger partial charge < -0.3 is 15.8 Å². The van der Waals surface area contributed by atoms with Gasteiger partial charge in [0.2, 0.25) is 0 Å². The molecule has 0 bridgehead atoms. The van der Waals surface area contributed by atoms with E-state index in [-0.39, 0.29) is 0 Å². The van der Waals surface area contributed by atoms with Gasteiger partial charge in [0.1, 0.15) is 0 Å². The van der Waals surface area contributed by atoms with Gasteiger partial charge in [-0.05, 0) is 48.8 Å². The molecule has 1 saturated carbocycles. The molecule has 1 aliphatic rings. The number of anilines is 1. The minimum Gasteiger partial charge on any atom is -0.385 e. The van der Waals surface area contributed by atoms with E-state index in [1.165, 1.54) is 18.4 Å². The summed E-state index contributed by atoms with van der Waals surface area (Å²) in [6.45, 7) is 3.74. The molecule has 3 N–H and O–H groups in total. The molecule has 1 aromatic carbocycles. The highest BCUT2D eigenvalue weighted by Crippen LogP contribution is 2.48. The Morgan fingerprint density at radius 2 is 2.25 bits per heavy atom. The summed E-state index contributed by atoms with van der Waals surface area (Å²) in [7, 11) is 1.75. The highest BCUT2D eigenvalue weighted by atomic mass is 16.5. The van der Waals surface area contributed by atoms with E-state index in [0.717, 1.165) is 31.7 Å². The third kappa shape index (κ3) is 4.23. The smallest absolute Gasteiger partial charge is 0.193 e. The first-order valence-electron chi connectivity index (χ1n) is 7.32. The van der Waals surface area contributed by atoms with Crippen LogP contribution < -0.4 is 11.1 Å². The molecule has 0 radical (unpaired) electrons. The second-order valence-corrected chi connectivity index (χ2v) is 5.62. The third-order valence-electron chi connectivity index (χ3n) is 3.99. The second-order valence-electron chi connectivity index (χ2n) is 5.62. The van der Waals surface area contributed by atoms with Gasteiger partial charge in [-0.3, -0.25) is 4.99 Å². The normalized spacial score (nSPS) is 17.0. The van der Waals surface area contributed by atoms with E-state index in [2.05, 4.69) is 29.4 Å². The Kier molecular flexibility index (Phi) is 5.01. The predicted molar refractivity (Wildman–Crippen MR) is 84.1 cm³/mol. The Bertz CT molecular complexity index is 467. The molecule has 0 saturated heterocycles. The molecule has 1 aromatic rings. The van der Waals surface area contributed by atoms with Crippen molar-refractivity contribution in [2.75, 3.05) is 25.6 Å². The topological polar surface area (TPSA) is 59.6 Å². The van der Waals surface area contributed by atoms with Crippen LogP contribution in [-0.4, -0.2) is 26.2 Å². The van der Waals surface area contributed by atoms with Gasteiger partial charge in [-0.1, -0.05) is 19.1 Å². The summed E-state index contributed by atoms with van der Waals surface area (Å²) < 4.78 is 5.15. The molecule has 0 atom stereocenters. The van der Waals surface area contributed by atoms with Crippen LogP contribution in [0.3, 0.4) is 0 Å². The lowest BCUT2D eigenvalue weighted by Gasteiger charge is -2.12. The van der Waals surface area contributed by atoms with Crippen LogP contribution in [0.2, 0.25) is 0 Å². The lowest BCUT2D eigenvalue weighted by Crippen LogP contribution is -2.24. The number of ether oxygens (including phenoxy) is 1. The van der Waals surface area contributed by atoms with Crippen molar-refractivity contribution in [1.29, 1.82) is 0 Å². The summed E-state index contributed by atoms with van der Waals surface area (Å²) in [4.78, 5) is 4.49. The monoisotopic (exact) mass is 275 g/mol. The molecule has 0 aromatic heterocycles. The van der Waals surface area contributed by atoms with Crippen molar-refractivity contribution in [3.63, 3.8) is 0 Å². The van der Waals surface area contributed by atoms with Crippen LogP contribution in [0.4, 0.5) is 5.69 Å². The second kappa shape index (κ2) is 6.75. The minimum atomic E-state index is 0.341. The fraction of sp³-hybridized carbons (Fsp3) is 0.562. The maximum Gasteiger partial charge on any atom is 0.193 e. The SMILES string of the molecule is CCc1cccc(NC(N)=NCC2(CCOC)CC2)c1. The van der Waals surface area contributed by atoms with E-state index < -0.39 is 0 Å². The molecule has 4 nitrogen and oxygen atoms in total. The van der Waals surface area contributed by atoms with Crippen molar-refractivity contribution in [2.24, 2.45) is 16.1 Å². The average molecular weight is 275 g/mol. The Labute approximate surface area is 121 Å². The molecule has 4 heteroatoms. The summed E-state index contributed by atoms with van der Waals surface area (Å²) in [6.07, 6.45) is 4.56. The lowest BCUT2D eigenvalue weighted by atomic mass is 10.0. The summed E-state index contributed by atoms with van der Waals surface area (Å²) in [5.74, 6) is 0.502. The molecule has 20 heavy (non-hydrogen) atoms. The van der Waals surface area contributed by atoms with Crippen LogP contribution in [0.5, 0.6) is 0 Å². The number of rotatable bonds is 7. The summed E-state index contributed by atoms with van der Waals surface area (Å²) in [6, 6.07) is 8.28. The van der Waals surface area contributed by atoms with Crippen LogP contribution in [0.25, 0.3) is 0 Å². The summed E-state index contributed by atoms with van der Waals surface area (Å²) in [5, 5.41) is 3.17. The van der Waals surface area contributed by atoms with Gasteiger partial charge in [0.15, 0.2) is 5.96 Å². The number of nitrogens with zero attached hydrogens (tertiary/aromatic N) is 1. The van der Waals surface area contributed by atoms with Gasteiger partial charge in [0, 0.05) is 25.9 Å². The van der Waals surface area contributed by atoms with Gasteiger partial charge >= 0.3 is 0 Å². The number of guanidine groups is 1. The predicted octanol–water partition coefficient (Wildman–Crippen LogP) is 2.79. The quantitative estimate of drug-likeness (QED) is 0.594. The van der Waals surface area contributed by atoms with Crippen LogP contribution in [0.1, 0.15) is 31.7 Å². The maximum atomic E-state index is 5.97. The highest BCUT2D eigenvalue weighted by molar-refractivity contribution is 5.92. The molecule has 0 amide bonds. The first-order chi connectivity index (χ1) is 9.67. The standard InChI is InChI=1S/C16H25N3O/c1-3-13-5-4-6-14(11-13)19-15(17)18-12-16(7-8-16)9-10-20-2/h4-6,11H,3,7-10,12H2,1-2H3,(H3,17,18,19). The number of benzene rings is 1. The number of nitrogens with one attached hydrogen (secondary N) is 1. The van der Waals surface area contributed by atoms with Crippen molar-refractivity contribution >= 4 is 11.6 Å². The van der Waals surface area contributed by atoms with Crippen molar-refractivity contribution in [2.45, 2.75) is 32.6 Å². The number of methoxy groups -OCH3 is 1. The van der Waals surface area contributed by atoms with Crippen LogP contribution >= 0.6 is 0 Å². The van der Waals surface area contributed by atoms with Gasteiger partial charge in [0.25, 0.3) is 0 Å². The zero-order chi connectivity index (χ0) is 14.4. The van der Waals surface area contributed by atoms with E-state index >= 15 is 0 Å². The first-order valence-corrected chi connectivity index (χ1v) is 7.32. The zero-order valence-electron chi connectivity index (χ0n) is 12.5. The highest BCUT2D eigenvalue weighted by Gasteiger charge is 2.41. The van der Waals surface area contributed by atoms with Gasteiger partial charge in [-0.15, -0.1) is 0 Å². The van der Waals surface area contributed by atoms with Crippen molar-refractivity contribution in [1.82, 2.24) is 0 Å². The van der Waals surface area contributed by atoms with Crippen LogP contribution in [0, 0.1) is 5.41 Å². The molecule has 110 valence electrons. The molecular formula is C16H25N3O. The molecule has 0 spiro atoms. The lowest BCUT2D eigenvalue weighted by molar-refractivity contribution is 0.174. The van der Waals surface area contributed by atoms with Crippen LogP contribution in [0.15, 0.2) is 29.3 Å². The third-order valence-corrected chi connectivity index (χ3v) is 3.99. The maximum absolute atomic E-state index is 5.97. The summed E-state index contributed by atoms with van der Waals surface area (Å²) >= 11 is 0. The number of aliphatic imine (C=N–C) groups is 1. The largest absolute Gasteiger partial charge is 0.385 e. The molecule has 0 aliphatic heterocycles. The Balaban J connectivity index is 1.87. The summed E-state index contributed by atoms with van der Waals surface area (Å²) in [5.41, 5.74) is 8.61. The van der Waals surface area contributed by atoms with Crippen molar-refractivity contribution in [3.8, 4) is 0 Å². The van der Waals surface area contributed by atoms with E-state index in [9.17, 15) is 0 Å². The minimum absolute atomic E-state index is 0.341. The molecule has 0 heterocycles. The number of hydrogen-bond acceptors (Lipinski definition) is 2. The van der Waals surface area contributed by atoms with E-state index in [1.807, 2.05) is 12.1 Å². The average Bonchev–Trinajstić information content (AvgIpc) is 3.24. The van der Waals surface area contributed by atoms with Crippen molar-refractivity contribution in [3.05, 3.63) is 29.8 Å². The Morgan fingerprint density at radius 3 is 2.90 bits per heavy atom. The van der Waals surface area contributed by atoms with Crippen LogP contribution in [-0.2, 0) is 11.2 Å². The fourth-order valence-electron chi connectivity index (χ4n) is 2.29. The van der Waals surface area contributed by atoms with Crippen molar-refractivity contribution < 1.29 is 4.74 Å². The molecule has 2 rings (SSSR count). The molecule has 1 fully saturated rings. The van der Waals surface area contributed by atoms with Gasteiger partial charge in [-0.2, -0.15) is 0 Å². The van der Waals surface area contributed by atoms with E-state index in [0.29, 0.717) is 11.4 Å². The number of nitrogens with two attached hydrogens (primary N) is 1. The molecule has 1 aliphatic carbocycles. The molecular weight excluding hydrogens is 250 g/mol. The van der Waals surface area contributed by atoms with E-state index in [1.54, 1.807) is 7.11 Å². The Hall–Kier alpha value is -1.55. The fourth-order valence-corrected chi connectivity index (χ4v) is 2.29. The van der Waals surface area contributed by atoms with Gasteiger partial charge in [0.05, 0.1) is 0 Å². The molecule has 0 unspecified atom stereocenters. The number of aryl methyl sites for hydroxylation is 1.